The standard InChI is InChI=1S/C20H20F2N6O/c1-11(2)5-18-25-26-27-28(18)16-7-12(19-17(22)9-14(21)10-23-19)6-13(8-16)20(29)24-15-3-4-15/h6-11,15H,3-5H2,1-2H3,(H,24,29). The van der Waals surface area contributed by atoms with Crippen LogP contribution in [0.4, 0.5) is 8.78 Å². The maximum atomic E-state index is 14.4. The SMILES string of the molecule is CC(C)Cc1nnnn1-c1cc(C(=O)NC2CC2)cc(-c2ncc(F)cc2F)c1. The largest absolute Gasteiger partial charge is 0.349 e. The van der Waals surface area contributed by atoms with Gasteiger partial charge in [-0.1, -0.05) is 13.8 Å². The number of halogens is 2. The van der Waals surface area contributed by atoms with E-state index in [4.69, 9.17) is 0 Å². The van der Waals surface area contributed by atoms with E-state index in [1.165, 1.54) is 10.7 Å². The number of aromatic nitrogens is 5. The smallest absolute Gasteiger partial charge is 0.251 e. The molecule has 7 nitrogen and oxygen atoms in total. The molecule has 3 aromatic rings. The summed E-state index contributed by atoms with van der Waals surface area (Å²) in [4.78, 5) is 16.5. The van der Waals surface area contributed by atoms with Crippen LogP contribution in [-0.4, -0.2) is 37.1 Å². The summed E-state index contributed by atoms with van der Waals surface area (Å²) in [5.74, 6) is -0.907. The lowest BCUT2D eigenvalue weighted by molar-refractivity contribution is 0.0951. The maximum Gasteiger partial charge on any atom is 0.251 e. The Morgan fingerprint density at radius 1 is 1.24 bits per heavy atom. The number of tetrazole rings is 1. The van der Waals surface area contributed by atoms with Crippen LogP contribution in [0.3, 0.4) is 0 Å². The van der Waals surface area contributed by atoms with Gasteiger partial charge in [0.25, 0.3) is 5.91 Å². The second-order valence-electron chi connectivity index (χ2n) is 7.61. The Morgan fingerprint density at radius 2 is 2.03 bits per heavy atom. The minimum Gasteiger partial charge on any atom is -0.349 e. The second kappa shape index (κ2) is 7.65. The van der Waals surface area contributed by atoms with Gasteiger partial charge < -0.3 is 5.32 Å². The van der Waals surface area contributed by atoms with Crippen molar-refractivity contribution in [3.63, 3.8) is 0 Å². The predicted molar refractivity (Wildman–Crippen MR) is 101 cm³/mol. The molecule has 1 aliphatic carbocycles. The van der Waals surface area contributed by atoms with Crippen molar-refractivity contribution in [2.75, 3.05) is 0 Å². The molecule has 1 aliphatic rings. The van der Waals surface area contributed by atoms with Gasteiger partial charge >= 0.3 is 0 Å². The summed E-state index contributed by atoms with van der Waals surface area (Å²) in [5, 5.41) is 14.8. The quantitative estimate of drug-likeness (QED) is 0.690. The van der Waals surface area contributed by atoms with Gasteiger partial charge in [0.1, 0.15) is 11.5 Å². The van der Waals surface area contributed by atoms with Crippen LogP contribution < -0.4 is 5.32 Å². The number of benzene rings is 1. The summed E-state index contributed by atoms with van der Waals surface area (Å²) in [5.41, 5.74) is 1.13. The average Bonchev–Trinajstić information content (AvgIpc) is 3.36. The number of pyridine rings is 1. The molecule has 0 saturated heterocycles. The molecule has 0 unspecified atom stereocenters. The van der Waals surface area contributed by atoms with Crippen molar-refractivity contribution in [2.24, 2.45) is 5.92 Å². The Balaban J connectivity index is 1.82. The maximum absolute atomic E-state index is 14.4. The van der Waals surface area contributed by atoms with E-state index in [0.717, 1.165) is 25.1 Å². The number of hydrogen-bond donors (Lipinski definition) is 1. The molecule has 1 saturated carbocycles. The van der Waals surface area contributed by atoms with Crippen LogP contribution in [0, 0.1) is 17.6 Å². The van der Waals surface area contributed by atoms with Crippen molar-refractivity contribution in [3.05, 3.63) is 53.5 Å². The molecule has 4 rings (SSSR count). The molecule has 0 radical (unpaired) electrons. The third-order valence-corrected chi connectivity index (χ3v) is 4.54. The zero-order chi connectivity index (χ0) is 20.5. The number of rotatable bonds is 6. The first-order valence-electron chi connectivity index (χ1n) is 9.45. The minimum atomic E-state index is -0.810. The molecule has 1 N–H and O–H groups in total. The van der Waals surface area contributed by atoms with Gasteiger partial charge in [-0.2, -0.15) is 4.68 Å². The Morgan fingerprint density at radius 3 is 2.72 bits per heavy atom. The van der Waals surface area contributed by atoms with E-state index >= 15 is 0 Å². The Kier molecular flexibility index (Phi) is 5.04. The van der Waals surface area contributed by atoms with Gasteiger partial charge in [0.2, 0.25) is 0 Å². The lowest BCUT2D eigenvalue weighted by Crippen LogP contribution is -2.25. The number of hydrogen-bond acceptors (Lipinski definition) is 5. The molecule has 0 bridgehead atoms. The van der Waals surface area contributed by atoms with Crippen molar-refractivity contribution in [1.29, 1.82) is 0 Å². The van der Waals surface area contributed by atoms with Crippen molar-refractivity contribution in [3.8, 4) is 16.9 Å². The van der Waals surface area contributed by atoms with E-state index in [-0.39, 0.29) is 17.6 Å². The van der Waals surface area contributed by atoms with Crippen LogP contribution in [0.2, 0.25) is 0 Å². The molecule has 1 aromatic carbocycles. The molecule has 0 aliphatic heterocycles. The van der Waals surface area contributed by atoms with E-state index in [1.54, 1.807) is 12.1 Å². The van der Waals surface area contributed by atoms with E-state index in [2.05, 4.69) is 25.8 Å². The third-order valence-electron chi connectivity index (χ3n) is 4.54. The zero-order valence-corrected chi connectivity index (χ0v) is 16.1. The second-order valence-corrected chi connectivity index (χ2v) is 7.61. The van der Waals surface area contributed by atoms with E-state index in [1.807, 2.05) is 13.8 Å². The third kappa shape index (κ3) is 4.28. The zero-order valence-electron chi connectivity index (χ0n) is 16.1. The van der Waals surface area contributed by atoms with Crippen LogP contribution >= 0.6 is 0 Å². The molecular weight excluding hydrogens is 378 g/mol. The highest BCUT2D eigenvalue weighted by Gasteiger charge is 2.25. The molecule has 2 aromatic heterocycles. The van der Waals surface area contributed by atoms with Crippen LogP contribution in [0.25, 0.3) is 16.9 Å². The van der Waals surface area contributed by atoms with E-state index < -0.39 is 11.6 Å². The summed E-state index contributed by atoms with van der Waals surface area (Å²) in [7, 11) is 0. The lowest BCUT2D eigenvalue weighted by atomic mass is 10.0. The number of nitrogens with one attached hydrogen (secondary N) is 1. The predicted octanol–water partition coefficient (Wildman–Crippen LogP) is 3.09. The molecule has 150 valence electrons. The monoisotopic (exact) mass is 398 g/mol. The molecule has 1 fully saturated rings. The van der Waals surface area contributed by atoms with Gasteiger partial charge in [-0.3, -0.25) is 9.78 Å². The fourth-order valence-electron chi connectivity index (χ4n) is 3.02. The lowest BCUT2D eigenvalue weighted by Gasteiger charge is -2.12. The Bertz CT molecular complexity index is 1060. The van der Waals surface area contributed by atoms with Crippen molar-refractivity contribution in [1.82, 2.24) is 30.5 Å². The molecule has 2 heterocycles. The molecule has 29 heavy (non-hydrogen) atoms. The number of nitrogens with zero attached hydrogens (tertiary/aromatic N) is 5. The van der Waals surface area contributed by atoms with Gasteiger partial charge in [0.05, 0.1) is 11.9 Å². The van der Waals surface area contributed by atoms with E-state index in [0.29, 0.717) is 35.0 Å². The highest BCUT2D eigenvalue weighted by atomic mass is 19.1. The fraction of sp³-hybridized carbons (Fsp3) is 0.350. The van der Waals surface area contributed by atoms with Gasteiger partial charge in [-0.05, 0) is 47.4 Å². The number of carbonyl (C=O) groups excluding carboxylic acids is 1. The van der Waals surface area contributed by atoms with E-state index in [9.17, 15) is 13.6 Å². The fourth-order valence-corrected chi connectivity index (χ4v) is 3.02. The van der Waals surface area contributed by atoms with Crippen molar-refractivity contribution < 1.29 is 13.6 Å². The van der Waals surface area contributed by atoms with Gasteiger partial charge in [-0.25, -0.2) is 8.78 Å². The highest BCUT2D eigenvalue weighted by molar-refractivity contribution is 5.96. The normalized spacial score (nSPS) is 13.7. The molecule has 9 heteroatoms. The topological polar surface area (TPSA) is 85.6 Å². The minimum absolute atomic E-state index is 0.0489. The molecule has 1 amide bonds. The first-order chi connectivity index (χ1) is 13.9. The Labute approximate surface area is 166 Å². The van der Waals surface area contributed by atoms with Crippen molar-refractivity contribution >= 4 is 5.91 Å². The van der Waals surface area contributed by atoms with Crippen LogP contribution in [0.5, 0.6) is 0 Å². The van der Waals surface area contributed by atoms with Gasteiger partial charge in [0.15, 0.2) is 11.6 Å². The highest BCUT2D eigenvalue weighted by Crippen LogP contribution is 2.27. The Hall–Kier alpha value is -3.23. The average molecular weight is 398 g/mol. The first kappa shape index (κ1) is 19.1. The summed E-state index contributed by atoms with van der Waals surface area (Å²) < 4.78 is 29.2. The summed E-state index contributed by atoms with van der Waals surface area (Å²) >= 11 is 0. The van der Waals surface area contributed by atoms with Crippen molar-refractivity contribution in [2.45, 2.75) is 39.2 Å². The van der Waals surface area contributed by atoms with Crippen LogP contribution in [-0.2, 0) is 6.42 Å². The summed E-state index contributed by atoms with van der Waals surface area (Å²) in [6, 6.07) is 5.76. The van der Waals surface area contributed by atoms with Gasteiger partial charge in [0, 0.05) is 29.7 Å². The molecular formula is C20H20F2N6O. The number of amides is 1. The molecule has 0 spiro atoms. The van der Waals surface area contributed by atoms with Crippen LogP contribution in [0.15, 0.2) is 30.5 Å². The first-order valence-corrected chi connectivity index (χ1v) is 9.45. The number of carbonyl (C=O) groups is 1. The summed E-state index contributed by atoms with van der Waals surface area (Å²) in [6.45, 7) is 4.09. The summed E-state index contributed by atoms with van der Waals surface area (Å²) in [6.07, 6.45) is 3.45. The molecule has 0 atom stereocenters. The van der Waals surface area contributed by atoms with Crippen LogP contribution in [0.1, 0.15) is 42.9 Å². The van der Waals surface area contributed by atoms with Gasteiger partial charge in [-0.15, -0.1) is 5.10 Å².